The predicted octanol–water partition coefficient (Wildman–Crippen LogP) is 5.70. The predicted molar refractivity (Wildman–Crippen MR) is 114 cm³/mol. The lowest BCUT2D eigenvalue weighted by atomic mass is 10.1. The summed E-state index contributed by atoms with van der Waals surface area (Å²) in [5, 5.41) is 12.3. The van der Waals surface area contributed by atoms with Gasteiger partial charge in [-0.15, -0.1) is 0 Å². The molecular weight excluding hydrogens is 346 g/mol. The van der Waals surface area contributed by atoms with Crippen LogP contribution in [0.3, 0.4) is 0 Å². The van der Waals surface area contributed by atoms with Gasteiger partial charge in [0.2, 0.25) is 0 Å². The van der Waals surface area contributed by atoms with Crippen molar-refractivity contribution in [3.63, 3.8) is 0 Å². The fourth-order valence-corrected chi connectivity index (χ4v) is 3.38. The van der Waals surface area contributed by atoms with E-state index in [0.29, 0.717) is 11.1 Å². The Morgan fingerprint density at radius 3 is 2.29 bits per heavy atom. The largest absolute Gasteiger partial charge is 0.508 e. The number of aromatic hydroxyl groups is 1. The zero-order chi connectivity index (χ0) is 19.5. The maximum Gasteiger partial charge on any atom is 0.258 e. The fourth-order valence-electron chi connectivity index (χ4n) is 3.38. The van der Waals surface area contributed by atoms with Crippen LogP contribution < -0.4 is 4.90 Å². The number of aryl methyl sites for hydroxylation is 1. The summed E-state index contributed by atoms with van der Waals surface area (Å²) >= 11 is 0. The summed E-state index contributed by atoms with van der Waals surface area (Å²) in [4.78, 5) is 15.2. The summed E-state index contributed by atoms with van der Waals surface area (Å²) in [6.45, 7) is 2.28. The molecule has 0 spiro atoms. The van der Waals surface area contributed by atoms with Crippen molar-refractivity contribution in [2.45, 2.75) is 13.5 Å². The lowest BCUT2D eigenvalue weighted by Crippen LogP contribution is -2.30. The van der Waals surface area contributed by atoms with E-state index in [-0.39, 0.29) is 18.2 Å². The number of hydrogen-bond donors (Lipinski definition) is 1. The van der Waals surface area contributed by atoms with Gasteiger partial charge in [0, 0.05) is 16.5 Å². The summed E-state index contributed by atoms with van der Waals surface area (Å²) in [5.41, 5.74) is 3.26. The molecule has 0 heterocycles. The highest BCUT2D eigenvalue weighted by Gasteiger charge is 2.21. The van der Waals surface area contributed by atoms with E-state index < -0.39 is 0 Å². The van der Waals surface area contributed by atoms with Gasteiger partial charge in [-0.3, -0.25) is 4.79 Å². The van der Waals surface area contributed by atoms with Crippen LogP contribution in [-0.4, -0.2) is 11.0 Å². The van der Waals surface area contributed by atoms with Gasteiger partial charge in [0.1, 0.15) is 5.75 Å². The van der Waals surface area contributed by atoms with Gasteiger partial charge in [0.25, 0.3) is 5.91 Å². The zero-order valence-corrected chi connectivity index (χ0v) is 15.7. The molecule has 0 aliphatic carbocycles. The van der Waals surface area contributed by atoms with Gasteiger partial charge in [0.15, 0.2) is 0 Å². The van der Waals surface area contributed by atoms with E-state index in [0.717, 1.165) is 22.0 Å². The van der Waals surface area contributed by atoms with Crippen LogP contribution in [0.25, 0.3) is 10.8 Å². The maximum absolute atomic E-state index is 13.5. The number of amides is 1. The van der Waals surface area contributed by atoms with Crippen LogP contribution in [-0.2, 0) is 6.54 Å². The number of para-hydroxylation sites is 1. The molecule has 0 unspecified atom stereocenters. The molecule has 0 aromatic heterocycles. The third-order valence-electron chi connectivity index (χ3n) is 4.92. The molecule has 4 aromatic carbocycles. The first-order chi connectivity index (χ1) is 13.6. The molecule has 138 valence electrons. The number of nitrogens with zero attached hydrogens (tertiary/aromatic N) is 1. The van der Waals surface area contributed by atoms with Crippen molar-refractivity contribution >= 4 is 22.4 Å². The number of phenols is 1. The summed E-state index contributed by atoms with van der Waals surface area (Å²) in [5.74, 6) is 0.0871. The maximum atomic E-state index is 13.5. The lowest BCUT2D eigenvalue weighted by Gasteiger charge is -2.25. The van der Waals surface area contributed by atoms with Gasteiger partial charge in [-0.05, 0) is 36.6 Å². The van der Waals surface area contributed by atoms with E-state index in [9.17, 15) is 9.90 Å². The molecular formula is C25H21NO2. The monoisotopic (exact) mass is 367 g/mol. The summed E-state index contributed by atoms with van der Waals surface area (Å²) < 4.78 is 0. The Kier molecular flexibility index (Phi) is 4.81. The van der Waals surface area contributed by atoms with Crippen LogP contribution in [0.2, 0.25) is 0 Å². The Morgan fingerprint density at radius 1 is 0.821 bits per heavy atom. The van der Waals surface area contributed by atoms with E-state index >= 15 is 0 Å². The van der Waals surface area contributed by atoms with Gasteiger partial charge < -0.3 is 10.0 Å². The van der Waals surface area contributed by atoms with Gasteiger partial charge >= 0.3 is 0 Å². The Morgan fingerprint density at radius 2 is 1.50 bits per heavy atom. The zero-order valence-electron chi connectivity index (χ0n) is 15.7. The number of benzene rings is 4. The van der Waals surface area contributed by atoms with E-state index in [4.69, 9.17) is 0 Å². The molecule has 1 amide bonds. The highest BCUT2D eigenvalue weighted by atomic mass is 16.3. The van der Waals surface area contributed by atoms with Gasteiger partial charge in [-0.1, -0.05) is 72.3 Å². The number of hydrogen-bond acceptors (Lipinski definition) is 2. The van der Waals surface area contributed by atoms with Crippen LogP contribution in [0.1, 0.15) is 21.5 Å². The third kappa shape index (κ3) is 3.47. The van der Waals surface area contributed by atoms with Crippen molar-refractivity contribution in [2.24, 2.45) is 0 Å². The lowest BCUT2D eigenvalue weighted by molar-refractivity contribution is 0.0985. The van der Waals surface area contributed by atoms with Crippen molar-refractivity contribution in [2.75, 3.05) is 4.90 Å². The number of carbonyl (C=O) groups is 1. The van der Waals surface area contributed by atoms with Gasteiger partial charge in [-0.25, -0.2) is 0 Å². The smallest absolute Gasteiger partial charge is 0.258 e. The molecule has 3 nitrogen and oxygen atoms in total. The number of phenolic OH excluding ortho intramolecular Hbond substituents is 1. The molecule has 0 saturated heterocycles. The second-order valence-corrected chi connectivity index (χ2v) is 6.88. The third-order valence-corrected chi connectivity index (χ3v) is 4.92. The van der Waals surface area contributed by atoms with Crippen molar-refractivity contribution in [3.8, 4) is 5.75 Å². The Bertz CT molecular complexity index is 1130. The molecule has 0 bridgehead atoms. The highest BCUT2D eigenvalue weighted by molar-refractivity contribution is 6.10. The molecule has 0 saturated carbocycles. The number of anilines is 1. The summed E-state index contributed by atoms with van der Waals surface area (Å²) in [6, 6.07) is 28.7. The van der Waals surface area contributed by atoms with Crippen LogP contribution in [0.5, 0.6) is 5.75 Å². The fraction of sp³-hybridized carbons (Fsp3) is 0.0800. The molecule has 4 aromatic rings. The minimum Gasteiger partial charge on any atom is -0.508 e. The highest BCUT2D eigenvalue weighted by Crippen LogP contribution is 2.30. The van der Waals surface area contributed by atoms with Crippen molar-refractivity contribution in [1.82, 2.24) is 0 Å². The van der Waals surface area contributed by atoms with E-state index in [2.05, 4.69) is 0 Å². The molecule has 0 atom stereocenters. The summed E-state index contributed by atoms with van der Waals surface area (Å²) in [7, 11) is 0. The van der Waals surface area contributed by atoms with Crippen LogP contribution in [0.4, 0.5) is 5.69 Å². The van der Waals surface area contributed by atoms with Crippen LogP contribution >= 0.6 is 0 Å². The van der Waals surface area contributed by atoms with Crippen molar-refractivity contribution in [3.05, 3.63) is 108 Å². The van der Waals surface area contributed by atoms with E-state index in [1.807, 2.05) is 85.8 Å². The molecule has 0 fully saturated rings. The minimum absolute atomic E-state index is 0.0976. The number of carbonyl (C=O) groups excluding carboxylic acids is 1. The normalized spacial score (nSPS) is 10.8. The Balaban J connectivity index is 1.84. The quantitative estimate of drug-likeness (QED) is 0.502. The molecule has 4 rings (SSSR count). The first-order valence-electron chi connectivity index (χ1n) is 9.26. The average molecular weight is 367 g/mol. The average Bonchev–Trinajstić information content (AvgIpc) is 2.73. The second kappa shape index (κ2) is 7.57. The van der Waals surface area contributed by atoms with Crippen LogP contribution in [0, 0.1) is 6.92 Å². The van der Waals surface area contributed by atoms with Crippen molar-refractivity contribution < 1.29 is 9.90 Å². The van der Waals surface area contributed by atoms with E-state index in [1.54, 1.807) is 17.0 Å². The standard InChI is InChI=1S/C25H21NO2/c1-18-13-15-20(16-14-18)25(28)26(17-21-8-3-5-12-24(21)27)23-11-6-9-19-7-2-4-10-22(19)23/h2-16,27H,17H2,1H3. The van der Waals surface area contributed by atoms with E-state index in [1.165, 1.54) is 0 Å². The molecule has 1 N–H and O–H groups in total. The molecule has 0 aliphatic heterocycles. The van der Waals surface area contributed by atoms with Crippen molar-refractivity contribution in [1.29, 1.82) is 0 Å². The molecule has 0 aliphatic rings. The number of fused-ring (bicyclic) bond motifs is 1. The minimum atomic E-state index is -0.0976. The van der Waals surface area contributed by atoms with Gasteiger partial charge in [-0.2, -0.15) is 0 Å². The first kappa shape index (κ1) is 17.8. The molecule has 3 heteroatoms. The second-order valence-electron chi connectivity index (χ2n) is 6.88. The number of rotatable bonds is 4. The Hall–Kier alpha value is -3.59. The van der Waals surface area contributed by atoms with Gasteiger partial charge in [0.05, 0.1) is 12.2 Å². The summed E-state index contributed by atoms with van der Waals surface area (Å²) in [6.07, 6.45) is 0. The topological polar surface area (TPSA) is 40.5 Å². The SMILES string of the molecule is Cc1ccc(C(=O)N(Cc2ccccc2O)c2cccc3ccccc23)cc1. The first-order valence-corrected chi connectivity index (χ1v) is 9.26. The Labute approximate surface area is 164 Å². The molecule has 0 radical (unpaired) electrons. The molecule has 28 heavy (non-hydrogen) atoms. The van der Waals surface area contributed by atoms with Crippen LogP contribution in [0.15, 0.2) is 91.0 Å².